The van der Waals surface area contributed by atoms with Gasteiger partial charge in [-0.05, 0) is 17.7 Å². The zero-order valence-corrected chi connectivity index (χ0v) is 18.3. The van der Waals surface area contributed by atoms with Gasteiger partial charge in [0, 0.05) is 38.5 Å². The highest BCUT2D eigenvalue weighted by atomic mass is 32.2. The van der Waals surface area contributed by atoms with Crippen LogP contribution in [0, 0.1) is 11.3 Å². The van der Waals surface area contributed by atoms with Crippen molar-refractivity contribution in [2.45, 2.75) is 11.0 Å². The van der Waals surface area contributed by atoms with Crippen molar-refractivity contribution in [2.75, 3.05) is 39.3 Å². The maximum absolute atomic E-state index is 12.6. The van der Waals surface area contributed by atoms with E-state index in [-0.39, 0.29) is 36.7 Å². The first kappa shape index (κ1) is 23.2. The number of hydrogen-bond donors (Lipinski definition) is 2. The number of piperazine rings is 1. The fourth-order valence-corrected chi connectivity index (χ4v) is 4.22. The summed E-state index contributed by atoms with van der Waals surface area (Å²) in [5.74, 6) is 0.405. The Hall–Kier alpha value is -3.45. The molecule has 1 aliphatic rings. The first-order chi connectivity index (χ1) is 15.6. The van der Waals surface area contributed by atoms with E-state index >= 15 is 0 Å². The molecule has 9 nitrogen and oxygen atoms in total. The highest BCUT2D eigenvalue weighted by Crippen LogP contribution is 2.18. The van der Waals surface area contributed by atoms with Gasteiger partial charge >= 0.3 is 6.03 Å². The number of nitriles is 1. The fourth-order valence-electron chi connectivity index (χ4n) is 3.20. The zero-order valence-electron chi connectivity index (χ0n) is 17.5. The number of nitrogens with one attached hydrogen (secondary N) is 2. The standard InChI is InChI=1S/C22H25N5O4S/c23-8-9-24-20(28)19(32-16-17-5-2-1-3-6-17)15-25-22(30)27-12-10-26(11-13-27)21(29)18-7-4-14-31-18/h1-7,14,19H,9-13,15-16H2,(H,24,28)(H,25,30). The van der Waals surface area contributed by atoms with E-state index in [0.29, 0.717) is 31.9 Å². The van der Waals surface area contributed by atoms with Gasteiger partial charge < -0.3 is 24.9 Å². The first-order valence-electron chi connectivity index (χ1n) is 10.2. The number of furan rings is 1. The number of carbonyl (C=O) groups excluding carboxylic acids is 3. The fraction of sp³-hybridized carbons (Fsp3) is 0.364. The van der Waals surface area contributed by atoms with E-state index in [2.05, 4.69) is 10.6 Å². The minimum atomic E-state index is -0.533. The summed E-state index contributed by atoms with van der Waals surface area (Å²) in [5, 5.41) is 13.6. The molecule has 1 unspecified atom stereocenters. The van der Waals surface area contributed by atoms with Crippen LogP contribution in [0.2, 0.25) is 0 Å². The van der Waals surface area contributed by atoms with Crippen molar-refractivity contribution in [1.29, 1.82) is 5.26 Å². The van der Waals surface area contributed by atoms with Crippen molar-refractivity contribution in [1.82, 2.24) is 20.4 Å². The minimum Gasteiger partial charge on any atom is -0.459 e. The second-order valence-electron chi connectivity index (χ2n) is 7.10. The molecular weight excluding hydrogens is 430 g/mol. The summed E-state index contributed by atoms with van der Waals surface area (Å²) >= 11 is 1.41. The molecule has 1 atom stereocenters. The summed E-state index contributed by atoms with van der Waals surface area (Å²) in [6, 6.07) is 14.6. The van der Waals surface area contributed by atoms with Crippen molar-refractivity contribution < 1.29 is 18.8 Å². The maximum atomic E-state index is 12.6. The average Bonchev–Trinajstić information content (AvgIpc) is 3.37. The van der Waals surface area contributed by atoms with Gasteiger partial charge in [0.25, 0.3) is 5.91 Å². The van der Waals surface area contributed by atoms with Crippen LogP contribution in [0.3, 0.4) is 0 Å². The molecular formula is C22H25N5O4S. The lowest BCUT2D eigenvalue weighted by Crippen LogP contribution is -2.54. The Balaban J connectivity index is 1.48. The lowest BCUT2D eigenvalue weighted by molar-refractivity contribution is -0.120. The molecule has 2 aromatic rings. The van der Waals surface area contributed by atoms with Crippen LogP contribution in [0.15, 0.2) is 53.1 Å². The van der Waals surface area contributed by atoms with Crippen LogP contribution in [0.5, 0.6) is 0 Å². The number of carbonyl (C=O) groups is 3. The third-order valence-corrected chi connectivity index (χ3v) is 6.24. The van der Waals surface area contributed by atoms with Gasteiger partial charge in [-0.25, -0.2) is 4.79 Å². The molecule has 2 N–H and O–H groups in total. The molecule has 1 saturated heterocycles. The molecule has 1 aromatic carbocycles. The molecule has 0 radical (unpaired) electrons. The average molecular weight is 456 g/mol. The number of rotatable bonds is 8. The smallest absolute Gasteiger partial charge is 0.317 e. The molecule has 3 rings (SSSR count). The first-order valence-corrected chi connectivity index (χ1v) is 11.3. The number of thioether (sulfide) groups is 1. The lowest BCUT2D eigenvalue weighted by Gasteiger charge is -2.34. The largest absolute Gasteiger partial charge is 0.459 e. The molecule has 10 heteroatoms. The van der Waals surface area contributed by atoms with E-state index in [1.54, 1.807) is 21.9 Å². The normalized spacial score (nSPS) is 14.3. The summed E-state index contributed by atoms with van der Waals surface area (Å²) < 4.78 is 5.15. The molecule has 1 aromatic heterocycles. The Labute approximate surface area is 190 Å². The molecule has 0 spiro atoms. The SMILES string of the molecule is N#CCNC(=O)C(CNC(=O)N1CCN(C(=O)c2ccco2)CC1)SCc1ccccc1. The van der Waals surface area contributed by atoms with E-state index in [0.717, 1.165) is 5.56 Å². The van der Waals surface area contributed by atoms with Crippen LogP contribution in [0.1, 0.15) is 16.1 Å². The Kier molecular flexibility index (Phi) is 8.57. The van der Waals surface area contributed by atoms with Gasteiger partial charge in [0.1, 0.15) is 11.8 Å². The maximum Gasteiger partial charge on any atom is 0.317 e. The van der Waals surface area contributed by atoms with Crippen molar-refractivity contribution >= 4 is 29.6 Å². The Morgan fingerprint density at radius 2 is 1.75 bits per heavy atom. The second-order valence-corrected chi connectivity index (χ2v) is 8.29. The van der Waals surface area contributed by atoms with Gasteiger partial charge in [0.05, 0.1) is 12.3 Å². The molecule has 0 saturated carbocycles. The Morgan fingerprint density at radius 3 is 2.41 bits per heavy atom. The summed E-state index contributed by atoms with van der Waals surface area (Å²) in [6.45, 7) is 1.64. The monoisotopic (exact) mass is 455 g/mol. The van der Waals surface area contributed by atoms with Crippen LogP contribution >= 0.6 is 11.8 Å². The van der Waals surface area contributed by atoms with Crippen LogP contribution in [-0.2, 0) is 10.5 Å². The number of urea groups is 1. The Morgan fingerprint density at radius 1 is 1.03 bits per heavy atom. The van der Waals surface area contributed by atoms with E-state index in [1.807, 2.05) is 36.4 Å². The summed E-state index contributed by atoms with van der Waals surface area (Å²) in [5.41, 5.74) is 1.07. The Bertz CT molecular complexity index is 937. The van der Waals surface area contributed by atoms with E-state index in [4.69, 9.17) is 9.68 Å². The second kappa shape index (κ2) is 11.8. The van der Waals surface area contributed by atoms with Crippen LogP contribution in [0.25, 0.3) is 0 Å². The van der Waals surface area contributed by atoms with E-state index in [1.165, 1.54) is 18.0 Å². The molecule has 1 aliphatic heterocycles. The van der Waals surface area contributed by atoms with Gasteiger partial charge in [0.2, 0.25) is 5.91 Å². The predicted molar refractivity (Wildman–Crippen MR) is 120 cm³/mol. The molecule has 1 fully saturated rings. The minimum absolute atomic E-state index is 0.0825. The topological polar surface area (TPSA) is 119 Å². The van der Waals surface area contributed by atoms with Crippen molar-refractivity contribution in [3.8, 4) is 6.07 Å². The number of amides is 4. The van der Waals surface area contributed by atoms with Crippen molar-refractivity contribution in [3.05, 3.63) is 60.1 Å². The van der Waals surface area contributed by atoms with Gasteiger partial charge in [-0.15, -0.1) is 11.8 Å². The number of benzene rings is 1. The van der Waals surface area contributed by atoms with Gasteiger partial charge in [-0.1, -0.05) is 30.3 Å². The highest BCUT2D eigenvalue weighted by Gasteiger charge is 2.27. The summed E-state index contributed by atoms with van der Waals surface area (Å²) in [4.78, 5) is 40.7. The molecule has 2 heterocycles. The number of nitrogens with zero attached hydrogens (tertiary/aromatic N) is 3. The number of hydrogen-bond acceptors (Lipinski definition) is 6. The molecule has 32 heavy (non-hydrogen) atoms. The van der Waals surface area contributed by atoms with Crippen molar-refractivity contribution in [3.63, 3.8) is 0 Å². The van der Waals surface area contributed by atoms with E-state index < -0.39 is 5.25 Å². The van der Waals surface area contributed by atoms with Gasteiger partial charge in [0.15, 0.2) is 5.76 Å². The molecule has 168 valence electrons. The molecule has 0 bridgehead atoms. The zero-order chi connectivity index (χ0) is 22.8. The summed E-state index contributed by atoms with van der Waals surface area (Å²) in [6.07, 6.45) is 1.45. The van der Waals surface area contributed by atoms with Crippen LogP contribution in [-0.4, -0.2) is 72.2 Å². The van der Waals surface area contributed by atoms with Crippen LogP contribution in [0.4, 0.5) is 4.79 Å². The third kappa shape index (κ3) is 6.52. The van der Waals surface area contributed by atoms with Gasteiger partial charge in [-0.2, -0.15) is 5.26 Å². The van der Waals surface area contributed by atoms with Crippen molar-refractivity contribution in [2.24, 2.45) is 0 Å². The molecule has 4 amide bonds. The molecule has 0 aliphatic carbocycles. The lowest BCUT2D eigenvalue weighted by atomic mass is 10.2. The third-order valence-electron chi connectivity index (χ3n) is 4.95. The quantitative estimate of drug-likeness (QED) is 0.585. The van der Waals surface area contributed by atoms with Crippen LogP contribution < -0.4 is 10.6 Å². The van der Waals surface area contributed by atoms with E-state index in [9.17, 15) is 14.4 Å². The van der Waals surface area contributed by atoms with Gasteiger partial charge in [-0.3, -0.25) is 9.59 Å². The highest BCUT2D eigenvalue weighted by molar-refractivity contribution is 7.99. The summed E-state index contributed by atoms with van der Waals surface area (Å²) in [7, 11) is 0. The predicted octanol–water partition coefficient (Wildman–Crippen LogP) is 1.69.